The highest BCUT2D eigenvalue weighted by atomic mass is 32.1. The number of thiophene rings is 1. The molecule has 1 amide bonds. The third-order valence-electron chi connectivity index (χ3n) is 4.47. The second-order valence-electron chi connectivity index (χ2n) is 6.72. The number of nitrogens with one attached hydrogen (secondary N) is 2. The van der Waals surface area contributed by atoms with Crippen LogP contribution in [0.5, 0.6) is 0 Å². The van der Waals surface area contributed by atoms with E-state index in [1.54, 1.807) is 23.7 Å². The van der Waals surface area contributed by atoms with Crippen LogP contribution in [0, 0.1) is 6.92 Å². The number of hydrogen-bond acceptors (Lipinski definition) is 5. The number of rotatable bonds is 5. The average Bonchev–Trinajstić information content (AvgIpc) is 3.16. The maximum atomic E-state index is 12.5. The highest BCUT2D eigenvalue weighted by molar-refractivity contribution is 7.17. The summed E-state index contributed by atoms with van der Waals surface area (Å²) in [5.74, 6) is -0.165. The minimum atomic E-state index is -0.165. The van der Waals surface area contributed by atoms with Crippen molar-refractivity contribution in [3.8, 4) is 0 Å². The molecule has 3 aromatic heterocycles. The monoisotopic (exact) mass is 388 g/mol. The Hall–Kier alpha value is -3.25. The molecule has 3 heterocycles. The number of benzene rings is 1. The molecule has 0 unspecified atom stereocenters. The number of carbonyl (C=O) groups is 1. The van der Waals surface area contributed by atoms with Crippen molar-refractivity contribution < 1.29 is 4.79 Å². The number of carbonyl (C=O) groups excluding carboxylic acids is 1. The van der Waals surface area contributed by atoms with Crippen molar-refractivity contribution in [1.82, 2.24) is 9.97 Å². The molecule has 0 radical (unpaired) electrons. The summed E-state index contributed by atoms with van der Waals surface area (Å²) >= 11 is 1.68. The van der Waals surface area contributed by atoms with Crippen LogP contribution in [0.4, 0.5) is 11.4 Å². The fraction of sp³-hybridized carbons (Fsp3) is 0.136. The fourth-order valence-electron chi connectivity index (χ4n) is 3.03. The van der Waals surface area contributed by atoms with E-state index in [-0.39, 0.29) is 11.9 Å². The molecule has 140 valence electrons. The van der Waals surface area contributed by atoms with E-state index in [1.807, 2.05) is 54.9 Å². The topological polar surface area (TPSA) is 66.9 Å². The first-order valence-corrected chi connectivity index (χ1v) is 9.89. The minimum absolute atomic E-state index is 0.0664. The molecule has 4 aromatic rings. The predicted molar refractivity (Wildman–Crippen MR) is 115 cm³/mol. The first kappa shape index (κ1) is 18.1. The number of anilines is 2. The van der Waals surface area contributed by atoms with Crippen LogP contribution >= 0.6 is 11.3 Å². The van der Waals surface area contributed by atoms with Gasteiger partial charge in [-0.25, -0.2) is 0 Å². The number of amides is 1. The quantitative estimate of drug-likeness (QED) is 0.479. The zero-order valence-corrected chi connectivity index (χ0v) is 16.5. The molecule has 4 rings (SSSR count). The SMILES string of the molecule is Cc1cncc(C(=O)Nc2cccc([C@H](C)Nc3cnc4ccsc4c3)c2)c1. The van der Waals surface area contributed by atoms with Crippen LogP contribution in [0.1, 0.15) is 34.5 Å². The molecule has 0 bridgehead atoms. The number of aromatic nitrogens is 2. The van der Waals surface area contributed by atoms with Crippen molar-refractivity contribution in [2.75, 3.05) is 10.6 Å². The van der Waals surface area contributed by atoms with Gasteiger partial charge in [-0.3, -0.25) is 14.8 Å². The van der Waals surface area contributed by atoms with Gasteiger partial charge in [-0.2, -0.15) is 0 Å². The lowest BCUT2D eigenvalue weighted by atomic mass is 10.1. The second-order valence-corrected chi connectivity index (χ2v) is 7.67. The van der Waals surface area contributed by atoms with Gasteiger partial charge in [-0.15, -0.1) is 11.3 Å². The van der Waals surface area contributed by atoms with Crippen LogP contribution in [-0.2, 0) is 0 Å². The third-order valence-corrected chi connectivity index (χ3v) is 5.32. The van der Waals surface area contributed by atoms with E-state index in [0.717, 1.165) is 32.7 Å². The molecular formula is C22H20N4OS. The number of aryl methyl sites for hydroxylation is 1. The van der Waals surface area contributed by atoms with Crippen LogP contribution in [0.25, 0.3) is 10.2 Å². The Kier molecular flexibility index (Phi) is 5.04. The van der Waals surface area contributed by atoms with E-state index >= 15 is 0 Å². The van der Waals surface area contributed by atoms with Crippen LogP contribution in [0.2, 0.25) is 0 Å². The summed E-state index contributed by atoms with van der Waals surface area (Å²) in [6.45, 7) is 4.00. The molecule has 6 heteroatoms. The maximum Gasteiger partial charge on any atom is 0.257 e. The molecule has 0 spiro atoms. The zero-order valence-electron chi connectivity index (χ0n) is 15.6. The Morgan fingerprint density at radius 1 is 1.07 bits per heavy atom. The Labute approximate surface area is 167 Å². The summed E-state index contributed by atoms with van der Waals surface area (Å²) in [7, 11) is 0. The van der Waals surface area contributed by atoms with Gasteiger partial charge < -0.3 is 10.6 Å². The molecule has 0 aliphatic carbocycles. The lowest BCUT2D eigenvalue weighted by Crippen LogP contribution is -2.13. The van der Waals surface area contributed by atoms with E-state index in [2.05, 4.69) is 33.6 Å². The summed E-state index contributed by atoms with van der Waals surface area (Å²) in [6, 6.07) is 13.9. The van der Waals surface area contributed by atoms with E-state index < -0.39 is 0 Å². The van der Waals surface area contributed by atoms with Gasteiger partial charge in [-0.05, 0) is 60.7 Å². The fourth-order valence-corrected chi connectivity index (χ4v) is 3.81. The molecule has 0 fully saturated rings. The molecule has 2 N–H and O–H groups in total. The summed E-state index contributed by atoms with van der Waals surface area (Å²) in [4.78, 5) is 21.0. The highest BCUT2D eigenvalue weighted by Crippen LogP contribution is 2.26. The average molecular weight is 388 g/mol. The van der Waals surface area contributed by atoms with Gasteiger partial charge in [0, 0.05) is 24.1 Å². The third kappa shape index (κ3) is 4.02. The molecule has 5 nitrogen and oxygen atoms in total. The number of fused-ring (bicyclic) bond motifs is 1. The van der Waals surface area contributed by atoms with Crippen molar-refractivity contribution in [1.29, 1.82) is 0 Å². The summed E-state index contributed by atoms with van der Waals surface area (Å²) in [5.41, 5.74) is 5.32. The Bertz CT molecular complexity index is 1140. The van der Waals surface area contributed by atoms with Crippen molar-refractivity contribution in [2.45, 2.75) is 19.9 Å². The van der Waals surface area contributed by atoms with E-state index in [0.29, 0.717) is 5.56 Å². The molecular weight excluding hydrogens is 368 g/mol. The first-order valence-electron chi connectivity index (χ1n) is 9.01. The van der Waals surface area contributed by atoms with Gasteiger partial charge >= 0.3 is 0 Å². The maximum absolute atomic E-state index is 12.5. The normalized spacial score (nSPS) is 11.9. The predicted octanol–water partition coefficient (Wildman–Crippen LogP) is 5.43. The molecule has 0 saturated carbocycles. The van der Waals surface area contributed by atoms with Gasteiger partial charge in [-0.1, -0.05) is 12.1 Å². The lowest BCUT2D eigenvalue weighted by molar-refractivity contribution is 0.102. The van der Waals surface area contributed by atoms with Gasteiger partial charge in [0.1, 0.15) is 0 Å². The Balaban J connectivity index is 1.48. The van der Waals surface area contributed by atoms with Crippen molar-refractivity contribution in [2.24, 2.45) is 0 Å². The molecule has 0 aliphatic heterocycles. The zero-order chi connectivity index (χ0) is 19.5. The largest absolute Gasteiger partial charge is 0.377 e. The van der Waals surface area contributed by atoms with Gasteiger partial charge in [0.25, 0.3) is 5.91 Å². The lowest BCUT2D eigenvalue weighted by Gasteiger charge is -2.17. The highest BCUT2D eigenvalue weighted by Gasteiger charge is 2.10. The summed E-state index contributed by atoms with van der Waals surface area (Å²) in [6.07, 6.45) is 5.15. The summed E-state index contributed by atoms with van der Waals surface area (Å²) in [5, 5.41) is 8.47. The van der Waals surface area contributed by atoms with Crippen molar-refractivity contribution >= 4 is 38.8 Å². The first-order chi connectivity index (χ1) is 13.6. The van der Waals surface area contributed by atoms with E-state index in [1.165, 1.54) is 0 Å². The molecule has 0 aliphatic rings. The van der Waals surface area contributed by atoms with Crippen LogP contribution in [0.15, 0.2) is 66.4 Å². The Morgan fingerprint density at radius 3 is 2.82 bits per heavy atom. The summed E-state index contributed by atoms with van der Waals surface area (Å²) < 4.78 is 1.16. The Morgan fingerprint density at radius 2 is 1.96 bits per heavy atom. The van der Waals surface area contributed by atoms with Gasteiger partial charge in [0.15, 0.2) is 0 Å². The van der Waals surface area contributed by atoms with E-state index in [4.69, 9.17) is 0 Å². The molecule has 28 heavy (non-hydrogen) atoms. The van der Waals surface area contributed by atoms with Gasteiger partial charge in [0.05, 0.1) is 27.7 Å². The second kappa shape index (κ2) is 7.78. The smallest absolute Gasteiger partial charge is 0.257 e. The number of hydrogen-bond donors (Lipinski definition) is 2. The van der Waals surface area contributed by atoms with Crippen LogP contribution < -0.4 is 10.6 Å². The van der Waals surface area contributed by atoms with Crippen molar-refractivity contribution in [3.63, 3.8) is 0 Å². The van der Waals surface area contributed by atoms with Gasteiger partial charge in [0.2, 0.25) is 0 Å². The van der Waals surface area contributed by atoms with Crippen molar-refractivity contribution in [3.05, 3.63) is 83.1 Å². The van der Waals surface area contributed by atoms with E-state index in [9.17, 15) is 4.79 Å². The molecule has 1 aromatic carbocycles. The minimum Gasteiger partial charge on any atom is -0.377 e. The molecule has 1 atom stereocenters. The van der Waals surface area contributed by atoms with Crippen LogP contribution in [0.3, 0.4) is 0 Å². The standard InChI is InChI=1S/C22H20N4OS/c1-14-8-17(12-23-11-14)22(27)26-18-5-3-4-16(9-18)15(2)25-19-10-21-20(24-13-19)6-7-28-21/h3-13,15,25H,1-2H3,(H,26,27)/t15-/m0/s1. The number of pyridine rings is 2. The molecule has 0 saturated heterocycles. The van der Waals surface area contributed by atoms with Crippen LogP contribution in [-0.4, -0.2) is 15.9 Å². The number of nitrogens with zero attached hydrogens (tertiary/aromatic N) is 2.